The van der Waals surface area contributed by atoms with E-state index in [0.29, 0.717) is 23.2 Å². The first-order chi connectivity index (χ1) is 12.9. The van der Waals surface area contributed by atoms with Crippen LogP contribution >= 0.6 is 0 Å². The van der Waals surface area contributed by atoms with E-state index >= 15 is 0 Å². The predicted molar refractivity (Wildman–Crippen MR) is 108 cm³/mol. The van der Waals surface area contributed by atoms with Gasteiger partial charge >= 0.3 is 5.97 Å². The third-order valence-corrected chi connectivity index (χ3v) is 10.3. The lowest BCUT2D eigenvalue weighted by Gasteiger charge is -2.58. The highest BCUT2D eigenvalue weighted by Crippen LogP contribution is 2.67. The molecule has 2 nitrogen and oxygen atoms in total. The predicted octanol–water partition coefficient (Wildman–Crippen LogP) is 6.46. The molecule has 4 saturated carbocycles. The lowest BCUT2D eigenvalue weighted by molar-refractivity contribution is -0.137. The lowest BCUT2D eigenvalue weighted by Crippen LogP contribution is -2.50. The molecule has 1 N–H and O–H groups in total. The summed E-state index contributed by atoms with van der Waals surface area (Å²) in [7, 11) is 0. The van der Waals surface area contributed by atoms with Crippen LogP contribution in [0.3, 0.4) is 0 Å². The number of carboxylic acid groups (broad SMARTS) is 1. The Morgan fingerprint density at radius 1 is 1.04 bits per heavy atom. The van der Waals surface area contributed by atoms with E-state index < -0.39 is 5.97 Å². The van der Waals surface area contributed by atoms with Crippen molar-refractivity contribution in [3.63, 3.8) is 0 Å². The van der Waals surface area contributed by atoms with Crippen LogP contribution in [0.25, 0.3) is 0 Å². The van der Waals surface area contributed by atoms with E-state index in [1.807, 2.05) is 5.57 Å². The molecule has 0 radical (unpaired) electrons. The SMILES string of the molecule is CC12CCC(C3CC3)CC1=CCC1C2CCC2(C)C(CCC(=O)O)CCC12. The Bertz CT molecular complexity index is 647. The molecule has 0 heterocycles. The van der Waals surface area contributed by atoms with Crippen molar-refractivity contribution >= 4 is 5.97 Å². The fourth-order valence-corrected chi connectivity index (χ4v) is 8.54. The van der Waals surface area contributed by atoms with Gasteiger partial charge in [0.25, 0.3) is 0 Å². The quantitative estimate of drug-likeness (QED) is 0.577. The topological polar surface area (TPSA) is 37.3 Å². The Morgan fingerprint density at radius 3 is 2.59 bits per heavy atom. The third kappa shape index (κ3) is 2.84. The first-order valence-corrected chi connectivity index (χ1v) is 11.8. The highest BCUT2D eigenvalue weighted by Gasteiger charge is 2.58. The maximum absolute atomic E-state index is 11.1. The van der Waals surface area contributed by atoms with Crippen LogP contribution in [-0.2, 0) is 4.79 Å². The van der Waals surface area contributed by atoms with Crippen molar-refractivity contribution < 1.29 is 9.90 Å². The molecule has 5 rings (SSSR count). The number of aliphatic carboxylic acids is 1. The van der Waals surface area contributed by atoms with Crippen molar-refractivity contribution in [1.82, 2.24) is 0 Å². The molecule has 0 aromatic heterocycles. The Labute approximate surface area is 165 Å². The Balaban J connectivity index is 1.36. The molecule has 7 atom stereocenters. The summed E-state index contributed by atoms with van der Waals surface area (Å²) >= 11 is 0. The second-order valence-electron chi connectivity index (χ2n) is 11.4. The number of hydrogen-bond donors (Lipinski definition) is 1. The molecule has 2 heteroatoms. The zero-order valence-corrected chi connectivity index (χ0v) is 17.4. The highest BCUT2D eigenvalue weighted by molar-refractivity contribution is 5.66. The Morgan fingerprint density at radius 2 is 1.85 bits per heavy atom. The van der Waals surface area contributed by atoms with Crippen LogP contribution in [0.1, 0.15) is 90.9 Å². The van der Waals surface area contributed by atoms with Crippen molar-refractivity contribution in [1.29, 1.82) is 0 Å². The van der Waals surface area contributed by atoms with Gasteiger partial charge in [0.1, 0.15) is 0 Å². The van der Waals surface area contributed by atoms with Crippen LogP contribution in [0.2, 0.25) is 0 Å². The summed E-state index contributed by atoms with van der Waals surface area (Å²) in [5.74, 6) is 4.70. The van der Waals surface area contributed by atoms with Gasteiger partial charge in [-0.2, -0.15) is 0 Å². The number of allylic oxidation sites excluding steroid dienone is 2. The van der Waals surface area contributed by atoms with Gasteiger partial charge in [-0.15, -0.1) is 0 Å². The van der Waals surface area contributed by atoms with E-state index in [0.717, 1.165) is 36.0 Å². The summed E-state index contributed by atoms with van der Waals surface area (Å²) in [6.45, 7) is 5.15. The van der Waals surface area contributed by atoms with Gasteiger partial charge in [-0.3, -0.25) is 4.79 Å². The third-order valence-electron chi connectivity index (χ3n) is 10.3. The minimum Gasteiger partial charge on any atom is -0.481 e. The van der Waals surface area contributed by atoms with E-state index in [1.165, 1.54) is 64.2 Å². The smallest absolute Gasteiger partial charge is 0.303 e. The maximum Gasteiger partial charge on any atom is 0.303 e. The molecule has 0 aliphatic heterocycles. The second kappa shape index (κ2) is 6.36. The fraction of sp³-hybridized carbons (Fsp3) is 0.880. The van der Waals surface area contributed by atoms with Gasteiger partial charge in [0, 0.05) is 6.42 Å². The number of hydrogen-bond acceptors (Lipinski definition) is 1. The molecule has 0 amide bonds. The summed E-state index contributed by atoms with van der Waals surface area (Å²) in [6.07, 6.45) is 18.0. The first-order valence-electron chi connectivity index (χ1n) is 11.8. The molecule has 0 bridgehead atoms. The van der Waals surface area contributed by atoms with E-state index in [4.69, 9.17) is 5.11 Å². The lowest BCUT2D eigenvalue weighted by atomic mass is 9.46. The molecule has 0 aromatic rings. The van der Waals surface area contributed by atoms with Crippen molar-refractivity contribution in [3.05, 3.63) is 11.6 Å². The van der Waals surface area contributed by atoms with Gasteiger partial charge < -0.3 is 5.11 Å². The minimum absolute atomic E-state index is 0.366. The summed E-state index contributed by atoms with van der Waals surface area (Å²) < 4.78 is 0. The molecule has 0 spiro atoms. The van der Waals surface area contributed by atoms with E-state index in [1.54, 1.807) is 0 Å². The second-order valence-corrected chi connectivity index (χ2v) is 11.4. The van der Waals surface area contributed by atoms with Crippen LogP contribution in [0, 0.1) is 46.3 Å². The molecule has 5 aliphatic rings. The summed E-state index contributed by atoms with van der Waals surface area (Å²) in [6, 6.07) is 0. The van der Waals surface area contributed by atoms with Gasteiger partial charge in [0.05, 0.1) is 0 Å². The summed E-state index contributed by atoms with van der Waals surface area (Å²) in [5.41, 5.74) is 2.73. The Hall–Kier alpha value is -0.790. The zero-order chi connectivity index (χ0) is 18.8. The molecule has 7 unspecified atom stereocenters. The maximum atomic E-state index is 11.1. The van der Waals surface area contributed by atoms with Gasteiger partial charge in [-0.05, 0) is 117 Å². The molecule has 27 heavy (non-hydrogen) atoms. The highest BCUT2D eigenvalue weighted by atomic mass is 16.4. The van der Waals surface area contributed by atoms with E-state index in [2.05, 4.69) is 19.9 Å². The molecule has 5 aliphatic carbocycles. The van der Waals surface area contributed by atoms with Crippen LogP contribution in [-0.4, -0.2) is 11.1 Å². The molecular weight excluding hydrogens is 332 g/mol. The zero-order valence-electron chi connectivity index (χ0n) is 17.4. The van der Waals surface area contributed by atoms with Crippen LogP contribution in [0.15, 0.2) is 11.6 Å². The Kier molecular flexibility index (Phi) is 4.30. The first kappa shape index (κ1) is 18.3. The van der Waals surface area contributed by atoms with Crippen molar-refractivity contribution in [2.45, 2.75) is 90.9 Å². The molecule has 4 fully saturated rings. The van der Waals surface area contributed by atoms with Gasteiger partial charge in [-0.25, -0.2) is 0 Å². The van der Waals surface area contributed by atoms with Crippen LogP contribution < -0.4 is 0 Å². The number of carboxylic acids is 1. The summed E-state index contributed by atoms with van der Waals surface area (Å²) in [5, 5.41) is 9.16. The standard InChI is InChI=1S/C25H38O2/c1-24-14-12-22-20(21(24)9-6-18(24)7-10-23(26)27)8-5-19-15-17(16-3-4-16)11-13-25(19,22)2/h5,16-18,20-22H,3-4,6-15H2,1-2H3,(H,26,27). The monoisotopic (exact) mass is 370 g/mol. The normalized spacial score (nSPS) is 49.0. The number of rotatable bonds is 4. The number of carbonyl (C=O) groups is 1. The van der Waals surface area contributed by atoms with Crippen molar-refractivity contribution in [3.8, 4) is 0 Å². The molecule has 0 aromatic carbocycles. The molecule has 0 saturated heterocycles. The fourth-order valence-electron chi connectivity index (χ4n) is 8.54. The van der Waals surface area contributed by atoms with Gasteiger partial charge in [0.15, 0.2) is 0 Å². The van der Waals surface area contributed by atoms with Crippen LogP contribution in [0.4, 0.5) is 0 Å². The minimum atomic E-state index is -0.610. The van der Waals surface area contributed by atoms with Crippen molar-refractivity contribution in [2.75, 3.05) is 0 Å². The average molecular weight is 371 g/mol. The average Bonchev–Trinajstić information content (AvgIpc) is 3.42. The van der Waals surface area contributed by atoms with E-state index in [-0.39, 0.29) is 0 Å². The largest absolute Gasteiger partial charge is 0.481 e. The van der Waals surface area contributed by atoms with Crippen molar-refractivity contribution in [2.24, 2.45) is 46.3 Å². The van der Waals surface area contributed by atoms with Crippen LogP contribution in [0.5, 0.6) is 0 Å². The van der Waals surface area contributed by atoms with Gasteiger partial charge in [0.2, 0.25) is 0 Å². The summed E-state index contributed by atoms with van der Waals surface area (Å²) in [4.78, 5) is 11.1. The number of fused-ring (bicyclic) bond motifs is 5. The van der Waals surface area contributed by atoms with E-state index in [9.17, 15) is 4.79 Å². The van der Waals surface area contributed by atoms with Gasteiger partial charge in [-0.1, -0.05) is 25.5 Å². The molecular formula is C25H38O2. The molecule has 150 valence electrons.